The molecule has 3 nitrogen and oxygen atoms in total. The van der Waals surface area contributed by atoms with Crippen molar-refractivity contribution in [1.82, 2.24) is 15.1 Å². The summed E-state index contributed by atoms with van der Waals surface area (Å²) < 4.78 is 0. The minimum absolute atomic E-state index is 0.442. The summed E-state index contributed by atoms with van der Waals surface area (Å²) in [5.74, 6) is 0. The van der Waals surface area contributed by atoms with E-state index in [4.69, 9.17) is 0 Å². The van der Waals surface area contributed by atoms with Gasteiger partial charge in [0.25, 0.3) is 0 Å². The van der Waals surface area contributed by atoms with E-state index >= 15 is 0 Å². The number of likely N-dealkylation sites (N-methyl/N-ethyl adjacent to an activating group) is 2. The van der Waals surface area contributed by atoms with Crippen molar-refractivity contribution in [2.45, 2.75) is 39.3 Å². The Balaban J connectivity index is 2.86. The Kier molecular flexibility index (Phi) is 8.58. The van der Waals surface area contributed by atoms with Gasteiger partial charge in [-0.2, -0.15) is 0 Å². The van der Waals surface area contributed by atoms with Gasteiger partial charge in [-0.1, -0.05) is 44.2 Å². The van der Waals surface area contributed by atoms with Crippen LogP contribution in [0.5, 0.6) is 0 Å². The second-order valence-corrected chi connectivity index (χ2v) is 6.07. The summed E-state index contributed by atoms with van der Waals surface area (Å²) in [6, 6.07) is 11.9. The molecular weight excluding hydrogens is 258 g/mol. The Morgan fingerprint density at radius 2 is 1.76 bits per heavy atom. The lowest BCUT2D eigenvalue weighted by Crippen LogP contribution is -2.45. The quantitative estimate of drug-likeness (QED) is 0.669. The fraction of sp³-hybridized carbons (Fsp3) is 0.667. The number of nitrogens with zero attached hydrogens (tertiary/aromatic N) is 2. The number of hydrogen-bond donors (Lipinski definition) is 1. The predicted octanol–water partition coefficient (Wildman–Crippen LogP) is 3.00. The van der Waals surface area contributed by atoms with E-state index in [9.17, 15) is 0 Å². The van der Waals surface area contributed by atoms with E-state index in [1.54, 1.807) is 0 Å². The maximum atomic E-state index is 3.60. The van der Waals surface area contributed by atoms with Gasteiger partial charge in [0.2, 0.25) is 0 Å². The van der Waals surface area contributed by atoms with Crippen LogP contribution >= 0.6 is 0 Å². The van der Waals surface area contributed by atoms with Gasteiger partial charge in [-0.15, -0.1) is 0 Å². The first-order chi connectivity index (χ1) is 10.1. The van der Waals surface area contributed by atoms with Crippen molar-refractivity contribution in [2.24, 2.45) is 0 Å². The molecule has 120 valence electrons. The van der Waals surface area contributed by atoms with Crippen LogP contribution in [0.2, 0.25) is 0 Å². The monoisotopic (exact) mass is 291 g/mol. The highest BCUT2D eigenvalue weighted by Crippen LogP contribution is 2.22. The van der Waals surface area contributed by atoms with E-state index in [-0.39, 0.29) is 0 Å². The molecule has 2 unspecified atom stereocenters. The van der Waals surface area contributed by atoms with Crippen LogP contribution in [-0.4, -0.2) is 56.1 Å². The third kappa shape index (κ3) is 6.16. The van der Waals surface area contributed by atoms with Gasteiger partial charge in [0.15, 0.2) is 0 Å². The fourth-order valence-corrected chi connectivity index (χ4v) is 2.99. The van der Waals surface area contributed by atoms with Gasteiger partial charge in [-0.05, 0) is 46.1 Å². The van der Waals surface area contributed by atoms with Gasteiger partial charge < -0.3 is 10.2 Å². The van der Waals surface area contributed by atoms with E-state index in [2.05, 4.69) is 80.3 Å². The summed E-state index contributed by atoms with van der Waals surface area (Å²) in [5, 5.41) is 3.60. The highest BCUT2D eigenvalue weighted by atomic mass is 15.2. The maximum absolute atomic E-state index is 3.60. The molecule has 0 bridgehead atoms. The lowest BCUT2D eigenvalue weighted by molar-refractivity contribution is 0.125. The number of nitrogens with one attached hydrogen (secondary N) is 1. The molecule has 0 saturated heterocycles. The highest BCUT2D eigenvalue weighted by molar-refractivity contribution is 5.19. The molecule has 0 fully saturated rings. The lowest BCUT2D eigenvalue weighted by Gasteiger charge is -2.37. The van der Waals surface area contributed by atoms with Gasteiger partial charge in [-0.3, -0.25) is 4.90 Å². The zero-order valence-electron chi connectivity index (χ0n) is 14.5. The Hall–Kier alpha value is -0.900. The molecule has 0 radical (unpaired) electrons. The summed E-state index contributed by atoms with van der Waals surface area (Å²) in [7, 11) is 4.30. The minimum Gasteiger partial charge on any atom is -0.315 e. The number of benzene rings is 1. The average molecular weight is 291 g/mol. The van der Waals surface area contributed by atoms with Crippen LogP contribution in [0.1, 0.15) is 38.8 Å². The maximum Gasteiger partial charge on any atom is 0.0475 e. The molecule has 0 amide bonds. The van der Waals surface area contributed by atoms with Crippen molar-refractivity contribution in [1.29, 1.82) is 0 Å². The van der Waals surface area contributed by atoms with E-state index < -0.39 is 0 Å². The van der Waals surface area contributed by atoms with E-state index in [0.717, 1.165) is 26.2 Å². The molecule has 21 heavy (non-hydrogen) atoms. The lowest BCUT2D eigenvalue weighted by atomic mass is 10.0. The highest BCUT2D eigenvalue weighted by Gasteiger charge is 2.23. The molecule has 0 aliphatic heterocycles. The summed E-state index contributed by atoms with van der Waals surface area (Å²) in [5.41, 5.74) is 1.41. The molecule has 2 atom stereocenters. The zero-order valence-corrected chi connectivity index (χ0v) is 14.5. The topological polar surface area (TPSA) is 18.5 Å². The molecule has 0 spiro atoms. The SMILES string of the molecule is CCCNCC(c1ccccc1)N(CC)C(C)CN(C)C. The molecule has 0 heterocycles. The number of hydrogen-bond acceptors (Lipinski definition) is 3. The Morgan fingerprint density at radius 3 is 2.29 bits per heavy atom. The molecular formula is C18H33N3. The van der Waals surface area contributed by atoms with Crippen molar-refractivity contribution in [3.05, 3.63) is 35.9 Å². The van der Waals surface area contributed by atoms with Crippen LogP contribution in [0, 0.1) is 0 Å². The summed E-state index contributed by atoms with van der Waals surface area (Å²) in [6.45, 7) is 11.1. The summed E-state index contributed by atoms with van der Waals surface area (Å²) in [6.07, 6.45) is 1.18. The first-order valence-electron chi connectivity index (χ1n) is 8.26. The standard InChI is InChI=1S/C18H33N3/c1-6-13-19-14-18(17-11-9-8-10-12-17)21(7-2)16(3)15-20(4)5/h8-12,16,18-19H,6-7,13-15H2,1-5H3. The van der Waals surface area contributed by atoms with Gasteiger partial charge in [0.1, 0.15) is 0 Å². The van der Waals surface area contributed by atoms with Gasteiger partial charge in [-0.25, -0.2) is 0 Å². The van der Waals surface area contributed by atoms with Crippen LogP contribution in [-0.2, 0) is 0 Å². The van der Waals surface area contributed by atoms with E-state index in [1.165, 1.54) is 12.0 Å². The van der Waals surface area contributed by atoms with Gasteiger partial charge in [0, 0.05) is 25.2 Å². The van der Waals surface area contributed by atoms with Crippen LogP contribution in [0.25, 0.3) is 0 Å². The van der Waals surface area contributed by atoms with Crippen molar-refractivity contribution in [2.75, 3.05) is 40.3 Å². The average Bonchev–Trinajstić information content (AvgIpc) is 2.46. The zero-order chi connectivity index (χ0) is 15.7. The molecule has 1 N–H and O–H groups in total. The Bertz CT molecular complexity index is 364. The normalized spacial score (nSPS) is 14.6. The van der Waals surface area contributed by atoms with Crippen molar-refractivity contribution in [3.63, 3.8) is 0 Å². The molecule has 0 aliphatic carbocycles. The predicted molar refractivity (Wildman–Crippen MR) is 92.7 cm³/mol. The largest absolute Gasteiger partial charge is 0.315 e. The molecule has 1 rings (SSSR count). The minimum atomic E-state index is 0.442. The summed E-state index contributed by atoms with van der Waals surface area (Å²) >= 11 is 0. The van der Waals surface area contributed by atoms with Crippen LogP contribution in [0.15, 0.2) is 30.3 Å². The van der Waals surface area contributed by atoms with Crippen molar-refractivity contribution in [3.8, 4) is 0 Å². The third-order valence-electron chi connectivity index (χ3n) is 3.91. The second kappa shape index (κ2) is 9.93. The molecule has 0 saturated carbocycles. The van der Waals surface area contributed by atoms with Gasteiger partial charge >= 0.3 is 0 Å². The molecule has 0 aromatic heterocycles. The van der Waals surface area contributed by atoms with E-state index in [1.807, 2.05) is 0 Å². The molecule has 3 heteroatoms. The van der Waals surface area contributed by atoms with Crippen LogP contribution in [0.4, 0.5) is 0 Å². The fourth-order valence-electron chi connectivity index (χ4n) is 2.99. The third-order valence-corrected chi connectivity index (χ3v) is 3.91. The summed E-state index contributed by atoms with van der Waals surface area (Å²) in [4.78, 5) is 4.88. The number of rotatable bonds is 10. The second-order valence-electron chi connectivity index (χ2n) is 6.07. The first kappa shape index (κ1) is 18.1. The Morgan fingerprint density at radius 1 is 1.10 bits per heavy atom. The van der Waals surface area contributed by atoms with Crippen LogP contribution in [0.3, 0.4) is 0 Å². The molecule has 0 aliphatic rings. The Labute approximate surface area is 131 Å². The smallest absolute Gasteiger partial charge is 0.0475 e. The first-order valence-corrected chi connectivity index (χ1v) is 8.26. The molecule has 1 aromatic carbocycles. The van der Waals surface area contributed by atoms with Crippen molar-refractivity contribution < 1.29 is 0 Å². The van der Waals surface area contributed by atoms with E-state index in [0.29, 0.717) is 12.1 Å². The van der Waals surface area contributed by atoms with Crippen molar-refractivity contribution >= 4 is 0 Å². The van der Waals surface area contributed by atoms with Gasteiger partial charge in [0.05, 0.1) is 0 Å². The molecule has 1 aromatic rings. The van der Waals surface area contributed by atoms with Crippen LogP contribution < -0.4 is 5.32 Å².